The maximum atomic E-state index is 11.2. The SMILES string of the molecule is CO[S-](=O)=N[C@@](C)(C(=O)O)c1ccccc1. The molecule has 0 aliphatic rings. The fourth-order valence-corrected chi connectivity index (χ4v) is 1.72. The second-order valence-electron chi connectivity index (χ2n) is 3.22. The van der Waals surface area contributed by atoms with E-state index in [0.29, 0.717) is 5.56 Å². The molecule has 0 radical (unpaired) electrons. The summed E-state index contributed by atoms with van der Waals surface area (Å²) in [6, 6.07) is 8.39. The van der Waals surface area contributed by atoms with Crippen molar-refractivity contribution in [3.8, 4) is 0 Å². The van der Waals surface area contributed by atoms with Crippen molar-refractivity contribution in [1.82, 2.24) is 0 Å². The molecule has 0 aliphatic heterocycles. The molecule has 0 amide bonds. The van der Waals surface area contributed by atoms with Crippen molar-refractivity contribution in [2.24, 2.45) is 4.36 Å². The zero-order chi connectivity index (χ0) is 12.2. The van der Waals surface area contributed by atoms with Gasteiger partial charge in [-0.25, -0.2) is 4.79 Å². The average molecular weight is 242 g/mol. The van der Waals surface area contributed by atoms with E-state index in [9.17, 15) is 9.00 Å². The molecule has 0 heterocycles. The summed E-state index contributed by atoms with van der Waals surface area (Å²) in [6.07, 6.45) is 0. The van der Waals surface area contributed by atoms with E-state index >= 15 is 0 Å². The number of carboxylic acid groups (broad SMARTS) is 1. The molecule has 0 unspecified atom stereocenters. The lowest BCUT2D eigenvalue weighted by Gasteiger charge is -2.24. The van der Waals surface area contributed by atoms with E-state index in [2.05, 4.69) is 8.55 Å². The summed E-state index contributed by atoms with van der Waals surface area (Å²) in [6.45, 7) is 1.38. The van der Waals surface area contributed by atoms with Crippen LogP contribution in [0.2, 0.25) is 0 Å². The molecule has 1 atom stereocenters. The molecule has 6 heteroatoms. The third-order valence-electron chi connectivity index (χ3n) is 2.15. The lowest BCUT2D eigenvalue weighted by Crippen LogP contribution is -2.30. The summed E-state index contributed by atoms with van der Waals surface area (Å²) >= 11 is 0. The van der Waals surface area contributed by atoms with Crippen molar-refractivity contribution in [1.29, 1.82) is 0 Å². The number of aliphatic carboxylic acids is 1. The molecule has 88 valence electrons. The Hall–Kier alpha value is -1.40. The predicted molar refractivity (Wildman–Crippen MR) is 58.9 cm³/mol. The molecule has 0 aromatic heterocycles. The number of hydrogen-bond acceptors (Lipinski definition) is 5. The van der Waals surface area contributed by atoms with Crippen LogP contribution in [0.3, 0.4) is 0 Å². The summed E-state index contributed by atoms with van der Waals surface area (Å²) < 4.78 is 19.3. The van der Waals surface area contributed by atoms with Crippen molar-refractivity contribution in [3.05, 3.63) is 35.9 Å². The number of benzene rings is 1. The lowest BCUT2D eigenvalue weighted by molar-refractivity contribution is -0.142. The third kappa shape index (κ3) is 2.59. The van der Waals surface area contributed by atoms with Gasteiger partial charge in [-0.2, -0.15) is 0 Å². The summed E-state index contributed by atoms with van der Waals surface area (Å²) in [5.74, 6) is -1.18. The highest BCUT2D eigenvalue weighted by atomic mass is 32.2. The quantitative estimate of drug-likeness (QED) is 0.815. The van der Waals surface area contributed by atoms with Crippen molar-refractivity contribution >= 4 is 16.8 Å². The Kier molecular flexibility index (Phi) is 4.03. The second kappa shape index (κ2) is 5.09. The van der Waals surface area contributed by atoms with Crippen LogP contribution in [0.1, 0.15) is 12.5 Å². The summed E-state index contributed by atoms with van der Waals surface area (Å²) in [5, 5.41) is 9.15. The molecule has 0 spiro atoms. The maximum Gasteiger partial charge on any atom is 0.333 e. The van der Waals surface area contributed by atoms with Gasteiger partial charge in [-0.3, -0.25) is 0 Å². The van der Waals surface area contributed by atoms with E-state index in [-0.39, 0.29) is 0 Å². The molecule has 1 N–H and O–H groups in total. The standard InChI is InChI=1S/C10H12NO4S/c1-10(9(12)13,11-16(14)15-2)8-6-4-3-5-7-8/h3-7H,1-2H3,(H,12,13)/q-1/t10-/m1/s1. The summed E-state index contributed by atoms with van der Waals surface area (Å²) in [4.78, 5) is 11.2. The topological polar surface area (TPSA) is 76.0 Å². The Bertz CT molecular complexity index is 453. The monoisotopic (exact) mass is 242 g/mol. The largest absolute Gasteiger partial charge is 0.479 e. The van der Waals surface area contributed by atoms with Crippen molar-refractivity contribution in [3.63, 3.8) is 0 Å². The Balaban J connectivity index is 3.29. The molecule has 16 heavy (non-hydrogen) atoms. The first kappa shape index (κ1) is 12.7. The number of hydrogen-bond donors (Lipinski definition) is 1. The number of nitrogens with zero attached hydrogens (tertiary/aromatic N) is 1. The van der Waals surface area contributed by atoms with Crippen molar-refractivity contribution < 1.29 is 18.3 Å². The molecule has 0 aliphatic carbocycles. The maximum absolute atomic E-state index is 11.2. The Morgan fingerprint density at radius 3 is 2.44 bits per heavy atom. The average Bonchev–Trinajstić information content (AvgIpc) is 2.29. The fourth-order valence-electron chi connectivity index (χ4n) is 1.16. The number of carboxylic acids is 1. The van der Waals surface area contributed by atoms with Gasteiger partial charge in [0.25, 0.3) is 0 Å². The van der Waals surface area contributed by atoms with Crippen molar-refractivity contribution in [2.75, 3.05) is 7.11 Å². The van der Waals surface area contributed by atoms with Crippen LogP contribution in [0.25, 0.3) is 0 Å². The highest BCUT2D eigenvalue weighted by molar-refractivity contribution is 7.69. The van der Waals surface area contributed by atoms with Crippen molar-refractivity contribution in [2.45, 2.75) is 12.5 Å². The van der Waals surface area contributed by atoms with Crippen LogP contribution in [0.4, 0.5) is 0 Å². The number of carbonyl (C=O) groups is 1. The molecular formula is C10H12NO4S-. The zero-order valence-corrected chi connectivity index (χ0v) is 9.73. The zero-order valence-electron chi connectivity index (χ0n) is 8.91. The van der Waals surface area contributed by atoms with Crippen LogP contribution in [0.15, 0.2) is 34.7 Å². The van der Waals surface area contributed by atoms with E-state index in [1.54, 1.807) is 30.3 Å². The molecule has 0 saturated carbocycles. The normalized spacial score (nSPS) is 16.6. The van der Waals surface area contributed by atoms with E-state index in [0.717, 1.165) is 0 Å². The highest BCUT2D eigenvalue weighted by Gasteiger charge is 2.32. The van der Waals surface area contributed by atoms with Gasteiger partial charge in [0, 0.05) is 7.11 Å². The Morgan fingerprint density at radius 2 is 2.00 bits per heavy atom. The van der Waals surface area contributed by atoms with Gasteiger partial charge in [0.05, 0.1) is 0 Å². The molecule has 0 bridgehead atoms. The fraction of sp³-hybridized carbons (Fsp3) is 0.300. The first-order valence-corrected chi connectivity index (χ1v) is 5.52. The van der Waals surface area contributed by atoms with Gasteiger partial charge < -0.3 is 17.9 Å². The van der Waals surface area contributed by atoms with E-state index in [4.69, 9.17) is 5.11 Å². The molecule has 0 saturated heterocycles. The molecule has 1 rings (SSSR count). The van der Waals surface area contributed by atoms with E-state index < -0.39 is 22.4 Å². The van der Waals surface area contributed by atoms with Gasteiger partial charge in [-0.15, -0.1) is 0 Å². The summed E-state index contributed by atoms with van der Waals surface area (Å²) in [5.41, 5.74) is -1.12. The number of rotatable bonds is 4. The first-order chi connectivity index (χ1) is 7.50. The van der Waals surface area contributed by atoms with E-state index in [1.807, 2.05) is 0 Å². The van der Waals surface area contributed by atoms with Crippen LogP contribution in [-0.2, 0) is 29.6 Å². The van der Waals surface area contributed by atoms with Gasteiger partial charge in [0.1, 0.15) is 0 Å². The molecule has 0 fully saturated rings. The minimum atomic E-state index is -1.97. The van der Waals surface area contributed by atoms with Crippen LogP contribution in [-0.4, -0.2) is 18.2 Å². The first-order valence-electron chi connectivity index (χ1n) is 4.49. The third-order valence-corrected chi connectivity index (χ3v) is 2.95. The predicted octanol–water partition coefficient (Wildman–Crippen LogP) is 1.70. The van der Waals surface area contributed by atoms with Gasteiger partial charge >= 0.3 is 5.97 Å². The van der Waals surface area contributed by atoms with Crippen LogP contribution in [0, 0.1) is 0 Å². The Labute approximate surface area is 95.5 Å². The minimum absolute atomic E-state index is 0.452. The van der Waals surface area contributed by atoms with Gasteiger partial charge in [0.2, 0.25) is 0 Å². The smallest absolute Gasteiger partial charge is 0.333 e. The van der Waals surface area contributed by atoms with Gasteiger partial charge in [-0.05, 0) is 12.5 Å². The van der Waals surface area contributed by atoms with Crippen LogP contribution >= 0.6 is 0 Å². The molecule has 1 aromatic carbocycles. The Morgan fingerprint density at radius 1 is 1.44 bits per heavy atom. The molecule has 5 nitrogen and oxygen atoms in total. The minimum Gasteiger partial charge on any atom is -0.479 e. The van der Waals surface area contributed by atoms with Crippen LogP contribution < -0.4 is 0 Å². The lowest BCUT2D eigenvalue weighted by atomic mass is 9.94. The van der Waals surface area contributed by atoms with Gasteiger partial charge in [-0.1, -0.05) is 41.2 Å². The summed E-state index contributed by atoms with van der Waals surface area (Å²) in [7, 11) is -0.772. The van der Waals surface area contributed by atoms with Crippen LogP contribution in [0.5, 0.6) is 0 Å². The molecule has 1 aromatic rings. The van der Waals surface area contributed by atoms with E-state index in [1.165, 1.54) is 14.0 Å². The highest BCUT2D eigenvalue weighted by Crippen LogP contribution is 2.26. The second-order valence-corrected chi connectivity index (χ2v) is 4.17. The molecular weight excluding hydrogens is 230 g/mol. The van der Waals surface area contributed by atoms with Gasteiger partial charge in [0.15, 0.2) is 5.54 Å².